The molecule has 0 unspecified atom stereocenters. The summed E-state index contributed by atoms with van der Waals surface area (Å²) in [6.07, 6.45) is -1.29. The summed E-state index contributed by atoms with van der Waals surface area (Å²) in [4.78, 5) is 10.4. The first kappa shape index (κ1) is 10.4. The minimum atomic E-state index is -1.29. The molecule has 4 heteroatoms. The van der Waals surface area contributed by atoms with Gasteiger partial charge in [-0.3, -0.25) is 0 Å². The molecule has 1 aromatic carbocycles. The molecule has 0 radical (unpaired) electrons. The number of hydrogen-bond acceptors (Lipinski definition) is 3. The van der Waals surface area contributed by atoms with Gasteiger partial charge >= 0.3 is 6.16 Å². The second-order valence-electron chi connectivity index (χ2n) is 3.50. The normalized spacial score (nSPS) is 11.0. The number of carboxylic acid groups (broad SMARTS) is 1. The van der Waals surface area contributed by atoms with E-state index in [-0.39, 0.29) is 0 Å². The maximum atomic E-state index is 10.4. The highest BCUT2D eigenvalue weighted by atomic mass is 16.7. The van der Waals surface area contributed by atoms with Crippen LogP contribution < -0.4 is 5.73 Å². The summed E-state index contributed by atoms with van der Waals surface area (Å²) in [5.74, 6) is 0. The molecule has 0 amide bonds. The van der Waals surface area contributed by atoms with Crippen LogP contribution in [0.15, 0.2) is 24.3 Å². The SMILES string of the molecule is CC(C)(OC(=O)O)c1cccc(N)c1. The highest BCUT2D eigenvalue weighted by Gasteiger charge is 2.25. The van der Waals surface area contributed by atoms with Gasteiger partial charge in [0.25, 0.3) is 0 Å². The molecule has 0 bridgehead atoms. The van der Waals surface area contributed by atoms with Gasteiger partial charge in [0.15, 0.2) is 0 Å². The summed E-state index contributed by atoms with van der Waals surface area (Å²) in [7, 11) is 0. The Morgan fingerprint density at radius 2 is 2.14 bits per heavy atom. The molecule has 4 nitrogen and oxygen atoms in total. The number of ether oxygens (including phenoxy) is 1. The second kappa shape index (κ2) is 3.57. The molecule has 1 aromatic rings. The first-order valence-electron chi connectivity index (χ1n) is 4.20. The number of nitrogen functional groups attached to an aromatic ring is 1. The average Bonchev–Trinajstić information content (AvgIpc) is 2.01. The summed E-state index contributed by atoms with van der Waals surface area (Å²) in [6.45, 7) is 3.35. The van der Waals surface area contributed by atoms with Crippen LogP contribution in [0.5, 0.6) is 0 Å². The largest absolute Gasteiger partial charge is 0.506 e. The third kappa shape index (κ3) is 2.39. The van der Waals surface area contributed by atoms with Crippen molar-refractivity contribution in [1.82, 2.24) is 0 Å². The molecular weight excluding hydrogens is 182 g/mol. The van der Waals surface area contributed by atoms with Gasteiger partial charge in [-0.05, 0) is 31.5 Å². The minimum Gasteiger partial charge on any atom is -0.450 e. The van der Waals surface area contributed by atoms with Gasteiger partial charge in [0, 0.05) is 5.69 Å². The van der Waals surface area contributed by atoms with E-state index in [2.05, 4.69) is 0 Å². The van der Waals surface area contributed by atoms with Gasteiger partial charge in [-0.2, -0.15) is 0 Å². The number of hydrogen-bond donors (Lipinski definition) is 2. The zero-order valence-electron chi connectivity index (χ0n) is 8.15. The van der Waals surface area contributed by atoms with Crippen LogP contribution in [0.1, 0.15) is 19.4 Å². The Morgan fingerprint density at radius 3 is 2.64 bits per heavy atom. The lowest BCUT2D eigenvalue weighted by atomic mass is 9.98. The third-order valence-electron chi connectivity index (χ3n) is 1.92. The van der Waals surface area contributed by atoms with E-state index in [0.29, 0.717) is 5.69 Å². The molecule has 0 saturated heterocycles. The lowest BCUT2D eigenvalue weighted by molar-refractivity contribution is 0.00105. The quantitative estimate of drug-likeness (QED) is 0.560. The Labute approximate surface area is 82.3 Å². The van der Waals surface area contributed by atoms with Crippen LogP contribution in [0.25, 0.3) is 0 Å². The fourth-order valence-electron chi connectivity index (χ4n) is 1.19. The van der Waals surface area contributed by atoms with Gasteiger partial charge in [0.2, 0.25) is 0 Å². The van der Waals surface area contributed by atoms with E-state index in [1.54, 1.807) is 38.1 Å². The third-order valence-corrected chi connectivity index (χ3v) is 1.92. The number of benzene rings is 1. The van der Waals surface area contributed by atoms with Crippen molar-refractivity contribution in [3.05, 3.63) is 29.8 Å². The summed E-state index contributed by atoms with van der Waals surface area (Å²) in [6, 6.07) is 6.97. The van der Waals surface area contributed by atoms with Crippen LogP contribution in [0.3, 0.4) is 0 Å². The first-order valence-corrected chi connectivity index (χ1v) is 4.20. The number of nitrogens with two attached hydrogens (primary N) is 1. The van der Waals surface area contributed by atoms with Gasteiger partial charge in [-0.1, -0.05) is 12.1 Å². The van der Waals surface area contributed by atoms with Gasteiger partial charge in [0.1, 0.15) is 5.60 Å². The van der Waals surface area contributed by atoms with E-state index in [9.17, 15) is 4.79 Å². The highest BCUT2D eigenvalue weighted by Crippen LogP contribution is 2.25. The van der Waals surface area contributed by atoms with Gasteiger partial charge in [0.05, 0.1) is 0 Å². The van der Waals surface area contributed by atoms with Gasteiger partial charge in [-0.25, -0.2) is 4.79 Å². The van der Waals surface area contributed by atoms with Crippen molar-refractivity contribution in [2.75, 3.05) is 5.73 Å². The van der Waals surface area contributed by atoms with E-state index in [0.717, 1.165) is 5.56 Å². The Bertz CT molecular complexity index is 347. The fourth-order valence-corrected chi connectivity index (χ4v) is 1.19. The molecular formula is C10H13NO3. The monoisotopic (exact) mass is 195 g/mol. The van der Waals surface area contributed by atoms with Crippen LogP contribution in [0.2, 0.25) is 0 Å². The summed E-state index contributed by atoms with van der Waals surface area (Å²) in [5.41, 5.74) is 6.03. The number of anilines is 1. The van der Waals surface area contributed by atoms with Gasteiger partial charge < -0.3 is 15.6 Å². The molecule has 0 saturated carbocycles. The first-order chi connectivity index (χ1) is 6.42. The molecule has 1 rings (SSSR count). The predicted octanol–water partition coefficient (Wildman–Crippen LogP) is 2.20. The van der Waals surface area contributed by atoms with Crippen molar-refractivity contribution >= 4 is 11.8 Å². The molecule has 0 aliphatic heterocycles. The van der Waals surface area contributed by atoms with Crippen molar-refractivity contribution in [2.24, 2.45) is 0 Å². The lowest BCUT2D eigenvalue weighted by Crippen LogP contribution is -2.24. The molecule has 0 aliphatic rings. The van der Waals surface area contributed by atoms with Crippen LogP contribution in [0, 0.1) is 0 Å². The molecule has 0 aromatic heterocycles. The number of rotatable bonds is 2. The minimum absolute atomic E-state index is 0.588. The van der Waals surface area contributed by atoms with Crippen molar-refractivity contribution in [3.63, 3.8) is 0 Å². The zero-order valence-corrected chi connectivity index (χ0v) is 8.15. The van der Waals surface area contributed by atoms with Crippen molar-refractivity contribution in [2.45, 2.75) is 19.4 Å². The molecule has 14 heavy (non-hydrogen) atoms. The van der Waals surface area contributed by atoms with Crippen LogP contribution in [-0.2, 0) is 10.3 Å². The Hall–Kier alpha value is -1.71. The van der Waals surface area contributed by atoms with E-state index in [1.807, 2.05) is 0 Å². The van der Waals surface area contributed by atoms with Crippen molar-refractivity contribution < 1.29 is 14.6 Å². The molecule has 0 atom stereocenters. The van der Waals surface area contributed by atoms with Crippen LogP contribution in [-0.4, -0.2) is 11.3 Å². The Balaban J connectivity index is 2.97. The maximum Gasteiger partial charge on any atom is 0.506 e. The highest BCUT2D eigenvalue weighted by molar-refractivity contribution is 5.58. The second-order valence-corrected chi connectivity index (χ2v) is 3.50. The summed E-state index contributed by atoms with van der Waals surface area (Å²) in [5, 5.41) is 8.53. The summed E-state index contributed by atoms with van der Waals surface area (Å²) >= 11 is 0. The number of carbonyl (C=O) groups is 1. The van der Waals surface area contributed by atoms with E-state index in [1.165, 1.54) is 0 Å². The topological polar surface area (TPSA) is 72.5 Å². The molecule has 76 valence electrons. The molecule has 0 spiro atoms. The van der Waals surface area contributed by atoms with Crippen LogP contribution in [0.4, 0.5) is 10.5 Å². The van der Waals surface area contributed by atoms with Crippen molar-refractivity contribution in [3.8, 4) is 0 Å². The standard InChI is InChI=1S/C10H13NO3/c1-10(2,14-9(12)13)7-4-3-5-8(11)6-7/h3-6H,11H2,1-2H3,(H,12,13). The van der Waals surface area contributed by atoms with E-state index >= 15 is 0 Å². The van der Waals surface area contributed by atoms with E-state index in [4.69, 9.17) is 15.6 Å². The fraction of sp³-hybridized carbons (Fsp3) is 0.300. The molecule has 3 N–H and O–H groups in total. The maximum absolute atomic E-state index is 10.4. The molecule has 0 aliphatic carbocycles. The van der Waals surface area contributed by atoms with Crippen molar-refractivity contribution in [1.29, 1.82) is 0 Å². The summed E-state index contributed by atoms with van der Waals surface area (Å²) < 4.78 is 4.74. The molecule has 0 heterocycles. The Kier molecular flexibility index (Phi) is 2.65. The molecule has 0 fully saturated rings. The van der Waals surface area contributed by atoms with Crippen LogP contribution >= 0.6 is 0 Å². The van der Waals surface area contributed by atoms with Gasteiger partial charge in [-0.15, -0.1) is 0 Å². The lowest BCUT2D eigenvalue weighted by Gasteiger charge is -2.23. The zero-order chi connectivity index (χ0) is 10.8. The Morgan fingerprint density at radius 1 is 1.50 bits per heavy atom. The van der Waals surface area contributed by atoms with E-state index < -0.39 is 11.8 Å². The average molecular weight is 195 g/mol. The predicted molar refractivity (Wildman–Crippen MR) is 53.0 cm³/mol. The smallest absolute Gasteiger partial charge is 0.450 e.